The van der Waals surface area contributed by atoms with Crippen molar-refractivity contribution in [3.63, 3.8) is 0 Å². The average molecular weight is 467 g/mol. The van der Waals surface area contributed by atoms with Gasteiger partial charge in [-0.2, -0.15) is 0 Å². The third-order valence-corrected chi connectivity index (χ3v) is 5.47. The molecule has 1 N–H and O–H groups in total. The summed E-state index contributed by atoms with van der Waals surface area (Å²) >= 11 is 0. The summed E-state index contributed by atoms with van der Waals surface area (Å²) < 4.78 is 24.3. The second kappa shape index (κ2) is 10.2. The van der Waals surface area contributed by atoms with E-state index in [0.29, 0.717) is 24.8 Å². The fourth-order valence-corrected chi connectivity index (χ4v) is 3.72. The SMILES string of the molecule is CNc1nc(-c2cccnc2)nc2ccc(-c3ccc(OCCOc4ccc(F)cc4)cc3)cc12. The van der Waals surface area contributed by atoms with Crippen molar-refractivity contribution in [2.45, 2.75) is 0 Å². The lowest BCUT2D eigenvalue weighted by Gasteiger charge is -2.11. The molecular formula is C28H23FN4O2. The summed E-state index contributed by atoms with van der Waals surface area (Å²) in [6.07, 6.45) is 3.49. The van der Waals surface area contributed by atoms with Crippen LogP contribution >= 0.6 is 0 Å². The lowest BCUT2D eigenvalue weighted by molar-refractivity contribution is 0.217. The van der Waals surface area contributed by atoms with Gasteiger partial charge in [-0.3, -0.25) is 4.98 Å². The fourth-order valence-electron chi connectivity index (χ4n) is 3.72. The Balaban J connectivity index is 1.28. The van der Waals surface area contributed by atoms with Gasteiger partial charge in [0.15, 0.2) is 5.82 Å². The van der Waals surface area contributed by atoms with Crippen LogP contribution in [0.5, 0.6) is 11.5 Å². The van der Waals surface area contributed by atoms with Crippen LogP contribution in [0.15, 0.2) is 91.3 Å². The third kappa shape index (κ3) is 5.19. The number of nitrogens with one attached hydrogen (secondary N) is 1. The molecule has 7 heteroatoms. The molecule has 0 fully saturated rings. The van der Waals surface area contributed by atoms with Gasteiger partial charge in [-0.1, -0.05) is 18.2 Å². The predicted octanol–water partition coefficient (Wildman–Crippen LogP) is 6.00. The van der Waals surface area contributed by atoms with Gasteiger partial charge in [0, 0.05) is 30.4 Å². The Bertz CT molecular complexity index is 1430. The molecule has 35 heavy (non-hydrogen) atoms. The number of anilines is 1. The molecule has 5 rings (SSSR count). The number of hydrogen-bond donors (Lipinski definition) is 1. The summed E-state index contributed by atoms with van der Waals surface area (Å²) in [6.45, 7) is 0.751. The molecule has 0 radical (unpaired) electrons. The van der Waals surface area contributed by atoms with Gasteiger partial charge in [0.2, 0.25) is 0 Å². The first-order chi connectivity index (χ1) is 17.2. The van der Waals surface area contributed by atoms with Crippen molar-refractivity contribution in [1.29, 1.82) is 0 Å². The molecule has 174 valence electrons. The second-order valence-electron chi connectivity index (χ2n) is 7.79. The number of benzene rings is 3. The van der Waals surface area contributed by atoms with Crippen molar-refractivity contribution in [3.05, 3.63) is 97.1 Å². The number of hydrogen-bond acceptors (Lipinski definition) is 6. The normalized spacial score (nSPS) is 10.8. The van der Waals surface area contributed by atoms with Crippen LogP contribution < -0.4 is 14.8 Å². The minimum atomic E-state index is -0.288. The highest BCUT2D eigenvalue weighted by Gasteiger charge is 2.10. The Morgan fingerprint density at radius 1 is 0.771 bits per heavy atom. The summed E-state index contributed by atoms with van der Waals surface area (Å²) in [4.78, 5) is 13.6. The molecular weight excluding hydrogens is 443 g/mol. The molecule has 2 aromatic heterocycles. The molecule has 6 nitrogen and oxygen atoms in total. The topological polar surface area (TPSA) is 69.2 Å². The zero-order chi connectivity index (χ0) is 24.0. The highest BCUT2D eigenvalue weighted by molar-refractivity contribution is 5.93. The number of rotatable bonds is 8. The molecule has 0 aliphatic carbocycles. The number of ether oxygens (including phenoxy) is 2. The van der Waals surface area contributed by atoms with Crippen LogP contribution in [0.1, 0.15) is 0 Å². The van der Waals surface area contributed by atoms with Crippen LogP contribution in [0, 0.1) is 5.82 Å². The van der Waals surface area contributed by atoms with Gasteiger partial charge in [0.1, 0.15) is 36.3 Å². The number of pyridine rings is 1. The van der Waals surface area contributed by atoms with E-state index in [0.717, 1.165) is 39.2 Å². The maximum Gasteiger partial charge on any atom is 0.163 e. The van der Waals surface area contributed by atoms with Crippen molar-refractivity contribution in [1.82, 2.24) is 15.0 Å². The zero-order valence-corrected chi connectivity index (χ0v) is 19.1. The van der Waals surface area contributed by atoms with Gasteiger partial charge in [0.25, 0.3) is 0 Å². The number of halogens is 1. The molecule has 0 atom stereocenters. The Morgan fingerprint density at radius 2 is 1.46 bits per heavy atom. The molecule has 2 heterocycles. The third-order valence-electron chi connectivity index (χ3n) is 5.47. The first-order valence-corrected chi connectivity index (χ1v) is 11.2. The Morgan fingerprint density at radius 3 is 2.11 bits per heavy atom. The van der Waals surface area contributed by atoms with Gasteiger partial charge >= 0.3 is 0 Å². The van der Waals surface area contributed by atoms with E-state index in [4.69, 9.17) is 19.4 Å². The fraction of sp³-hybridized carbons (Fsp3) is 0.107. The first kappa shape index (κ1) is 22.3. The molecule has 0 unspecified atom stereocenters. The van der Waals surface area contributed by atoms with Crippen molar-refractivity contribution in [2.75, 3.05) is 25.6 Å². The van der Waals surface area contributed by atoms with Crippen LogP contribution in [-0.2, 0) is 0 Å². The first-order valence-electron chi connectivity index (χ1n) is 11.2. The summed E-state index contributed by atoms with van der Waals surface area (Å²) in [5.41, 5.74) is 3.83. The molecule has 0 saturated heterocycles. The van der Waals surface area contributed by atoms with Gasteiger partial charge in [-0.05, 0) is 71.8 Å². The Kier molecular flexibility index (Phi) is 6.48. The molecule has 5 aromatic rings. The van der Waals surface area contributed by atoms with Gasteiger partial charge in [-0.25, -0.2) is 14.4 Å². The lowest BCUT2D eigenvalue weighted by atomic mass is 10.0. The van der Waals surface area contributed by atoms with E-state index in [-0.39, 0.29) is 5.82 Å². The van der Waals surface area contributed by atoms with Crippen LogP contribution in [0.3, 0.4) is 0 Å². The molecule has 3 aromatic carbocycles. The van der Waals surface area contributed by atoms with E-state index >= 15 is 0 Å². The quantitative estimate of drug-likeness (QED) is 0.283. The van der Waals surface area contributed by atoms with Crippen molar-refractivity contribution in [2.24, 2.45) is 0 Å². The maximum atomic E-state index is 13.0. The highest BCUT2D eigenvalue weighted by Crippen LogP contribution is 2.30. The smallest absolute Gasteiger partial charge is 0.163 e. The maximum absolute atomic E-state index is 13.0. The summed E-state index contributed by atoms with van der Waals surface area (Å²) in [5.74, 6) is 2.46. The van der Waals surface area contributed by atoms with Crippen LogP contribution in [-0.4, -0.2) is 35.2 Å². The second-order valence-corrected chi connectivity index (χ2v) is 7.79. The molecule has 0 aliphatic rings. The van der Waals surface area contributed by atoms with E-state index in [1.54, 1.807) is 24.5 Å². The Hall–Kier alpha value is -4.52. The Labute approximate surface area is 202 Å². The van der Waals surface area contributed by atoms with Gasteiger partial charge < -0.3 is 14.8 Å². The monoisotopic (exact) mass is 466 g/mol. The average Bonchev–Trinajstić information content (AvgIpc) is 2.92. The largest absolute Gasteiger partial charge is 0.490 e. The van der Waals surface area contributed by atoms with Crippen molar-refractivity contribution < 1.29 is 13.9 Å². The summed E-state index contributed by atoms with van der Waals surface area (Å²) in [5, 5.41) is 4.13. The highest BCUT2D eigenvalue weighted by atomic mass is 19.1. The molecule has 0 aliphatic heterocycles. The predicted molar refractivity (Wildman–Crippen MR) is 135 cm³/mol. The number of aromatic nitrogens is 3. The van der Waals surface area contributed by atoms with E-state index in [1.807, 2.05) is 55.6 Å². The van der Waals surface area contributed by atoms with Crippen molar-refractivity contribution >= 4 is 16.7 Å². The van der Waals surface area contributed by atoms with E-state index < -0.39 is 0 Å². The molecule has 0 bridgehead atoms. The minimum absolute atomic E-state index is 0.288. The molecule has 0 saturated carbocycles. The zero-order valence-electron chi connectivity index (χ0n) is 19.1. The van der Waals surface area contributed by atoms with Crippen LogP contribution in [0.25, 0.3) is 33.4 Å². The summed E-state index contributed by atoms with van der Waals surface area (Å²) in [6, 6.07) is 23.8. The van der Waals surface area contributed by atoms with Gasteiger partial charge in [0.05, 0.1) is 5.52 Å². The van der Waals surface area contributed by atoms with Crippen LogP contribution in [0.2, 0.25) is 0 Å². The van der Waals surface area contributed by atoms with E-state index in [1.165, 1.54) is 12.1 Å². The van der Waals surface area contributed by atoms with E-state index in [9.17, 15) is 4.39 Å². The van der Waals surface area contributed by atoms with Crippen molar-refractivity contribution in [3.8, 4) is 34.0 Å². The number of fused-ring (bicyclic) bond motifs is 1. The van der Waals surface area contributed by atoms with Crippen LogP contribution in [0.4, 0.5) is 10.2 Å². The number of nitrogens with zero attached hydrogens (tertiary/aromatic N) is 3. The molecule has 0 spiro atoms. The minimum Gasteiger partial charge on any atom is -0.490 e. The summed E-state index contributed by atoms with van der Waals surface area (Å²) in [7, 11) is 1.85. The van der Waals surface area contributed by atoms with Gasteiger partial charge in [-0.15, -0.1) is 0 Å². The lowest BCUT2D eigenvalue weighted by Crippen LogP contribution is -2.08. The molecule has 0 amide bonds. The van der Waals surface area contributed by atoms with E-state index in [2.05, 4.69) is 16.4 Å². The standard InChI is InChI=1S/C28H23FN4O2/c1-30-28-25-17-20(6-13-26(25)32-27(33-28)21-3-2-14-31-18-21)19-4-9-23(10-5-19)34-15-16-35-24-11-7-22(29)8-12-24/h2-14,17-18H,15-16H2,1H3,(H,30,32,33).